The van der Waals surface area contributed by atoms with E-state index in [0.717, 1.165) is 117 Å². The Kier molecular flexibility index (Phi) is 10.5. The summed E-state index contributed by atoms with van der Waals surface area (Å²) in [7, 11) is 3.78. The van der Waals surface area contributed by atoms with E-state index in [1.54, 1.807) is 28.1 Å². The standard InChI is InChI=1S/C40H43ClN6O4S2/c1-25-36-34(43-45(25)3)24-52-23-28-20-27(42-47(28)13-12-46-14-17-50-18-15-46)22-53-29-19-26-7-4-5-8-30(26)35(21-29)51-16-6-9-31-32-10-11-33(41)37(36)38(32)44(2)39(31)40(48)49/h4-5,7-8,10-11,19-21H,6,9,12-18,22-24H2,1-3H3,(H,48,49). The van der Waals surface area contributed by atoms with Crippen molar-refractivity contribution in [2.75, 3.05) is 39.5 Å². The molecule has 8 rings (SSSR count). The number of aromatic carboxylic acids is 1. The molecule has 276 valence electrons. The maximum atomic E-state index is 12.9. The highest BCUT2D eigenvalue weighted by Gasteiger charge is 2.27. The van der Waals surface area contributed by atoms with E-state index in [4.69, 9.17) is 31.3 Å². The zero-order chi connectivity index (χ0) is 36.6. The molecule has 5 heterocycles. The molecule has 1 N–H and O–H groups in total. The molecule has 6 aromatic rings. The van der Waals surface area contributed by atoms with Crippen LogP contribution in [0.4, 0.5) is 0 Å². The second-order valence-corrected chi connectivity index (χ2v) is 16.2. The first-order valence-corrected chi connectivity index (χ1v) is 20.6. The van der Waals surface area contributed by atoms with Crippen molar-refractivity contribution < 1.29 is 19.4 Å². The van der Waals surface area contributed by atoms with Gasteiger partial charge in [0.25, 0.3) is 0 Å². The van der Waals surface area contributed by atoms with Gasteiger partial charge in [-0.2, -0.15) is 10.2 Å². The summed E-state index contributed by atoms with van der Waals surface area (Å²) in [6, 6.07) is 18.8. The number of thioether (sulfide) groups is 2. The Morgan fingerprint density at radius 3 is 2.60 bits per heavy atom. The van der Waals surface area contributed by atoms with Gasteiger partial charge in [0, 0.05) is 89.2 Å². The summed E-state index contributed by atoms with van der Waals surface area (Å²) in [4.78, 5) is 16.4. The quantitative estimate of drug-likeness (QED) is 0.191. The van der Waals surface area contributed by atoms with E-state index >= 15 is 0 Å². The van der Waals surface area contributed by atoms with Gasteiger partial charge in [-0.15, -0.1) is 23.5 Å². The SMILES string of the molecule is Cc1c2c(nn1C)CSCc1cc(nn1CCN1CCOCC1)CSc1cc(c3ccccc3c1)OCCCc1c(C(=O)O)n(C)c3c-2c(Cl)ccc13. The molecule has 10 nitrogen and oxygen atoms in total. The molecule has 0 atom stereocenters. The zero-order valence-corrected chi connectivity index (χ0v) is 32.6. The Labute approximate surface area is 322 Å². The minimum absolute atomic E-state index is 0.271. The number of carbonyl (C=O) groups is 1. The predicted octanol–water partition coefficient (Wildman–Crippen LogP) is 7.97. The van der Waals surface area contributed by atoms with Crippen molar-refractivity contribution in [2.24, 2.45) is 14.1 Å². The van der Waals surface area contributed by atoms with Gasteiger partial charge in [0.2, 0.25) is 0 Å². The summed E-state index contributed by atoms with van der Waals surface area (Å²) in [6.07, 6.45) is 1.18. The lowest BCUT2D eigenvalue weighted by molar-refractivity contribution is 0.0359. The second kappa shape index (κ2) is 15.4. The Morgan fingerprint density at radius 1 is 0.943 bits per heavy atom. The van der Waals surface area contributed by atoms with Gasteiger partial charge >= 0.3 is 5.97 Å². The van der Waals surface area contributed by atoms with Crippen LogP contribution in [0.5, 0.6) is 5.75 Å². The van der Waals surface area contributed by atoms with Gasteiger partial charge in [-0.25, -0.2) is 4.79 Å². The summed E-state index contributed by atoms with van der Waals surface area (Å²) >= 11 is 10.6. The number of halogens is 1. The predicted molar refractivity (Wildman–Crippen MR) is 214 cm³/mol. The van der Waals surface area contributed by atoms with E-state index in [1.807, 2.05) is 37.0 Å². The molecule has 2 aliphatic heterocycles. The Bertz CT molecular complexity index is 2330. The highest BCUT2D eigenvalue weighted by molar-refractivity contribution is 7.98. The van der Waals surface area contributed by atoms with Crippen LogP contribution in [-0.2, 0) is 49.1 Å². The van der Waals surface area contributed by atoms with Crippen LogP contribution < -0.4 is 4.74 Å². The number of fused-ring (bicyclic) bond motifs is 8. The smallest absolute Gasteiger partial charge is 0.352 e. The molecule has 0 radical (unpaired) electrons. The fraction of sp³-hybridized carbons (Fsp3) is 0.375. The summed E-state index contributed by atoms with van der Waals surface area (Å²) in [5.41, 5.74) is 7.77. The van der Waals surface area contributed by atoms with Crippen LogP contribution in [-0.4, -0.2) is 79.6 Å². The van der Waals surface area contributed by atoms with Crippen molar-refractivity contribution in [1.82, 2.24) is 29.0 Å². The Hall–Kier alpha value is -3.94. The van der Waals surface area contributed by atoms with Crippen LogP contribution in [0.15, 0.2) is 59.5 Å². The fourth-order valence-electron chi connectivity index (χ4n) is 7.72. The van der Waals surface area contributed by atoms with Crippen LogP contribution >= 0.6 is 35.1 Å². The molecule has 0 amide bonds. The number of ether oxygens (including phenoxy) is 2. The summed E-state index contributed by atoms with van der Waals surface area (Å²) in [6.45, 7) is 7.64. The topological polar surface area (TPSA) is 99.6 Å². The third kappa shape index (κ3) is 7.19. The number of hydrogen-bond donors (Lipinski definition) is 1. The van der Waals surface area contributed by atoms with E-state index in [9.17, 15) is 9.90 Å². The number of aryl methyl sites for hydroxylation is 3. The molecule has 3 aromatic heterocycles. The van der Waals surface area contributed by atoms with Crippen LogP contribution in [0.1, 0.15) is 45.2 Å². The first-order chi connectivity index (χ1) is 25.8. The van der Waals surface area contributed by atoms with E-state index < -0.39 is 5.97 Å². The van der Waals surface area contributed by atoms with E-state index in [1.165, 1.54) is 5.69 Å². The first kappa shape index (κ1) is 36.1. The average Bonchev–Trinajstić information content (AvgIpc) is 3.78. The van der Waals surface area contributed by atoms with Crippen molar-refractivity contribution in [3.05, 3.63) is 93.7 Å². The number of hydrogen-bond acceptors (Lipinski definition) is 8. The van der Waals surface area contributed by atoms with Gasteiger partial charge in [0.1, 0.15) is 11.4 Å². The van der Waals surface area contributed by atoms with Crippen molar-refractivity contribution in [3.8, 4) is 16.9 Å². The molecular weight excluding hydrogens is 728 g/mol. The number of carboxylic acids is 1. The molecule has 0 spiro atoms. The third-order valence-electron chi connectivity index (χ3n) is 10.4. The van der Waals surface area contributed by atoms with Gasteiger partial charge in [0.05, 0.1) is 48.3 Å². The molecule has 1 saturated heterocycles. The maximum absolute atomic E-state index is 12.9. The molecule has 0 saturated carbocycles. The molecule has 1 fully saturated rings. The van der Waals surface area contributed by atoms with Gasteiger partial charge < -0.3 is 19.1 Å². The van der Waals surface area contributed by atoms with Crippen LogP contribution in [0, 0.1) is 6.92 Å². The summed E-state index contributed by atoms with van der Waals surface area (Å²) < 4.78 is 18.0. The molecule has 3 aromatic carbocycles. The van der Waals surface area contributed by atoms with Crippen molar-refractivity contribution in [1.29, 1.82) is 0 Å². The molecule has 0 aliphatic carbocycles. The van der Waals surface area contributed by atoms with Crippen LogP contribution in [0.3, 0.4) is 0 Å². The number of rotatable bonds is 4. The average molecular weight is 771 g/mol. The molecule has 8 bridgehead atoms. The zero-order valence-electron chi connectivity index (χ0n) is 30.2. The third-order valence-corrected chi connectivity index (χ3v) is 12.7. The first-order valence-electron chi connectivity index (χ1n) is 18.0. The maximum Gasteiger partial charge on any atom is 0.352 e. The molecule has 2 aliphatic rings. The second-order valence-electron chi connectivity index (χ2n) is 13.7. The number of morpholine rings is 1. The number of aromatic nitrogens is 5. The van der Waals surface area contributed by atoms with Gasteiger partial charge in [-0.1, -0.05) is 41.9 Å². The van der Waals surface area contributed by atoms with Crippen molar-refractivity contribution in [3.63, 3.8) is 0 Å². The molecule has 0 unspecified atom stereocenters. The minimum atomic E-state index is -0.963. The number of benzene rings is 3. The molecular formula is C40H43ClN6O4S2. The normalized spacial score (nSPS) is 16.1. The number of nitrogens with zero attached hydrogens (tertiary/aromatic N) is 6. The van der Waals surface area contributed by atoms with Crippen molar-refractivity contribution in [2.45, 2.75) is 48.5 Å². The van der Waals surface area contributed by atoms with E-state index in [0.29, 0.717) is 30.2 Å². The van der Waals surface area contributed by atoms with Gasteiger partial charge in [-0.3, -0.25) is 14.3 Å². The van der Waals surface area contributed by atoms with Crippen LogP contribution in [0.25, 0.3) is 32.8 Å². The lowest BCUT2D eigenvalue weighted by Crippen LogP contribution is -2.38. The summed E-state index contributed by atoms with van der Waals surface area (Å²) in [5.74, 6) is 2.02. The van der Waals surface area contributed by atoms with Gasteiger partial charge in [0.15, 0.2) is 0 Å². The lowest BCUT2D eigenvalue weighted by Gasteiger charge is -2.26. The van der Waals surface area contributed by atoms with E-state index in [-0.39, 0.29) is 5.69 Å². The fourth-order valence-corrected chi connectivity index (χ4v) is 9.76. The Morgan fingerprint density at radius 2 is 1.77 bits per heavy atom. The Balaban J connectivity index is 1.21. The van der Waals surface area contributed by atoms with Crippen LogP contribution in [0.2, 0.25) is 5.02 Å². The minimum Gasteiger partial charge on any atom is -0.493 e. The molecule has 53 heavy (non-hydrogen) atoms. The highest BCUT2D eigenvalue weighted by atomic mass is 35.5. The van der Waals surface area contributed by atoms with Gasteiger partial charge in [-0.05, 0) is 55.0 Å². The summed E-state index contributed by atoms with van der Waals surface area (Å²) in [5, 5.41) is 24.3. The molecule has 13 heteroatoms. The number of carboxylic acid groups (broad SMARTS) is 1. The monoisotopic (exact) mass is 770 g/mol. The van der Waals surface area contributed by atoms with E-state index in [2.05, 4.69) is 52.9 Å². The largest absolute Gasteiger partial charge is 0.493 e. The van der Waals surface area contributed by atoms with Crippen molar-refractivity contribution >= 4 is 62.8 Å². The highest BCUT2D eigenvalue weighted by Crippen LogP contribution is 2.43. The lowest BCUT2D eigenvalue weighted by atomic mass is 9.98.